The molecule has 0 aliphatic carbocycles. The Labute approximate surface area is 117 Å². The van der Waals surface area contributed by atoms with E-state index < -0.39 is 0 Å². The van der Waals surface area contributed by atoms with E-state index in [2.05, 4.69) is 13.2 Å². The van der Waals surface area contributed by atoms with Gasteiger partial charge in [-0.25, -0.2) is 0 Å². The Bertz CT molecular complexity index is 255. The summed E-state index contributed by atoms with van der Waals surface area (Å²) in [6, 6.07) is 0. The number of nitrogens with zero attached hydrogens (tertiary/aromatic N) is 2. The zero-order valence-corrected chi connectivity index (χ0v) is 12.9. The topological polar surface area (TPSA) is 27.7 Å². The maximum Gasteiger partial charge on any atom is 0.245 e. The molecular formula is C14H30N2O3+2. The van der Waals surface area contributed by atoms with Crippen LogP contribution in [0.3, 0.4) is 0 Å². The Balaban J connectivity index is 4.79. The number of quaternary nitrogens is 2. The van der Waals surface area contributed by atoms with E-state index in [0.717, 1.165) is 6.54 Å². The molecule has 0 radical (unpaired) electrons. The Morgan fingerprint density at radius 1 is 0.895 bits per heavy atom. The summed E-state index contributed by atoms with van der Waals surface area (Å²) in [5.41, 5.74) is 0. The van der Waals surface area contributed by atoms with Crippen LogP contribution in [0.4, 0.5) is 0 Å². The molecule has 0 bridgehead atoms. The summed E-state index contributed by atoms with van der Waals surface area (Å²) >= 11 is 0. The zero-order valence-electron chi connectivity index (χ0n) is 12.9. The minimum atomic E-state index is 0.0519. The summed E-state index contributed by atoms with van der Waals surface area (Å²) in [5.74, 6) is 0. The van der Waals surface area contributed by atoms with Crippen molar-refractivity contribution in [2.24, 2.45) is 0 Å². The molecular weight excluding hydrogens is 244 g/mol. The third kappa shape index (κ3) is 6.31. The largest absolute Gasteiger partial charge is 0.327 e. The van der Waals surface area contributed by atoms with Crippen LogP contribution >= 0.6 is 0 Å². The lowest BCUT2D eigenvalue weighted by Gasteiger charge is -2.33. The fourth-order valence-corrected chi connectivity index (χ4v) is 1.63. The second-order valence-electron chi connectivity index (χ2n) is 4.43. The van der Waals surface area contributed by atoms with Crippen molar-refractivity contribution in [1.29, 1.82) is 0 Å². The van der Waals surface area contributed by atoms with Gasteiger partial charge in [-0.15, -0.1) is 0 Å². The van der Waals surface area contributed by atoms with E-state index in [0.29, 0.717) is 37.6 Å². The molecule has 0 aromatic rings. The summed E-state index contributed by atoms with van der Waals surface area (Å²) < 4.78 is 6.05. The van der Waals surface area contributed by atoms with Crippen molar-refractivity contribution >= 4 is 0 Å². The first-order valence-corrected chi connectivity index (χ1v) is 6.87. The lowest BCUT2D eigenvalue weighted by Crippen LogP contribution is -2.54. The van der Waals surface area contributed by atoms with Crippen molar-refractivity contribution in [2.45, 2.75) is 20.8 Å². The minimum Gasteiger partial charge on any atom is -0.327 e. The van der Waals surface area contributed by atoms with Crippen molar-refractivity contribution in [2.75, 3.05) is 46.7 Å². The van der Waals surface area contributed by atoms with E-state index >= 15 is 0 Å². The van der Waals surface area contributed by atoms with Gasteiger partial charge >= 0.3 is 0 Å². The van der Waals surface area contributed by atoms with Gasteiger partial charge in [0.05, 0.1) is 26.1 Å². The van der Waals surface area contributed by atoms with Crippen LogP contribution in [0.25, 0.3) is 0 Å². The molecule has 112 valence electrons. The first-order chi connectivity index (χ1) is 9.01. The minimum absolute atomic E-state index is 0.0519. The van der Waals surface area contributed by atoms with E-state index in [1.54, 1.807) is 0 Å². The molecule has 0 saturated carbocycles. The highest BCUT2D eigenvalue weighted by Crippen LogP contribution is 2.14. The van der Waals surface area contributed by atoms with Crippen LogP contribution in [-0.2, 0) is 14.4 Å². The molecule has 5 nitrogen and oxygen atoms in total. The Morgan fingerprint density at radius 2 is 1.42 bits per heavy atom. The van der Waals surface area contributed by atoms with Crippen LogP contribution < -0.4 is 0 Å². The van der Waals surface area contributed by atoms with Crippen LogP contribution in [-0.4, -0.2) is 56.0 Å². The highest BCUT2D eigenvalue weighted by atomic mass is 17.0. The summed E-state index contributed by atoms with van der Waals surface area (Å²) in [7, 11) is 2.03. The van der Waals surface area contributed by atoms with E-state index in [4.69, 9.17) is 14.4 Å². The van der Waals surface area contributed by atoms with E-state index in [-0.39, 0.29) is 4.81 Å². The molecule has 0 spiro atoms. The molecule has 19 heavy (non-hydrogen) atoms. The molecule has 0 aromatic carbocycles. The Morgan fingerprint density at radius 3 is 1.79 bits per heavy atom. The first-order valence-electron chi connectivity index (χ1n) is 6.87. The van der Waals surface area contributed by atoms with Gasteiger partial charge in [0.15, 0.2) is 6.54 Å². The summed E-state index contributed by atoms with van der Waals surface area (Å²) in [5, 5.41) is 0. The number of ether oxygens (including phenoxy) is 1. The number of hydrogen-bond acceptors (Lipinski definition) is 3. The third-order valence-electron chi connectivity index (χ3n) is 2.98. The fraction of sp³-hybridized carbons (Fsp3) is 0.714. The lowest BCUT2D eigenvalue weighted by atomic mass is 10.4. The van der Waals surface area contributed by atoms with Gasteiger partial charge in [-0.2, -0.15) is 9.68 Å². The molecule has 0 aliphatic heterocycles. The normalized spacial score (nSPS) is 12.4. The van der Waals surface area contributed by atoms with Gasteiger partial charge in [0.2, 0.25) is 6.73 Å². The molecule has 5 heteroatoms. The van der Waals surface area contributed by atoms with Crippen molar-refractivity contribution in [3.05, 3.63) is 25.6 Å². The highest BCUT2D eigenvalue weighted by Gasteiger charge is 2.35. The van der Waals surface area contributed by atoms with Gasteiger partial charge < -0.3 is 4.74 Å². The van der Waals surface area contributed by atoms with Crippen LogP contribution in [0.2, 0.25) is 0 Å². The van der Waals surface area contributed by atoms with E-state index in [9.17, 15) is 0 Å². The van der Waals surface area contributed by atoms with Crippen LogP contribution in [0.5, 0.6) is 0 Å². The standard InChI is InChI=1S/C14H30N2O3/c1-7-15(6,8-2)12-13-16(18-10-4,19-11-5)14-17-9-3/h7-8H,1-2,9-14H2,3-6H3/q+2. The highest BCUT2D eigenvalue weighted by molar-refractivity contribution is 4.63. The van der Waals surface area contributed by atoms with Gasteiger partial charge in [-0.3, -0.25) is 4.48 Å². The number of hydroxylamine groups is 4. The molecule has 0 rings (SSSR count). The average molecular weight is 274 g/mol. The van der Waals surface area contributed by atoms with Gasteiger partial charge in [0.1, 0.15) is 19.8 Å². The number of rotatable bonds is 12. The van der Waals surface area contributed by atoms with Crippen molar-refractivity contribution in [1.82, 2.24) is 0 Å². The maximum absolute atomic E-state index is 5.77. The smallest absolute Gasteiger partial charge is 0.245 e. The summed E-state index contributed by atoms with van der Waals surface area (Å²) in [6.07, 6.45) is 3.69. The van der Waals surface area contributed by atoms with Crippen molar-refractivity contribution < 1.29 is 23.7 Å². The summed E-state index contributed by atoms with van der Waals surface area (Å²) in [6.45, 7) is 17.1. The predicted octanol–water partition coefficient (Wildman–Crippen LogP) is 2.43. The van der Waals surface area contributed by atoms with Gasteiger partial charge in [-0.1, -0.05) is 0 Å². The zero-order chi connectivity index (χ0) is 14.8. The quantitative estimate of drug-likeness (QED) is 0.311. The van der Waals surface area contributed by atoms with Gasteiger partial charge in [0, 0.05) is 0 Å². The molecule has 0 fully saturated rings. The second-order valence-corrected chi connectivity index (χ2v) is 4.43. The second kappa shape index (κ2) is 9.23. The average Bonchev–Trinajstić information content (AvgIpc) is 2.43. The molecule has 0 heterocycles. The van der Waals surface area contributed by atoms with Crippen LogP contribution in [0.15, 0.2) is 25.6 Å². The number of likely N-dealkylation sites (N-methyl/N-ethyl adjacent to an activating group) is 1. The molecule has 0 N–H and O–H groups in total. The molecule has 0 aromatic heterocycles. The SMILES string of the molecule is C=C[N+](C)(C=C)CC[N+](COCC)(OCC)OCC. The van der Waals surface area contributed by atoms with Crippen LogP contribution in [0, 0.1) is 0 Å². The van der Waals surface area contributed by atoms with Crippen molar-refractivity contribution in [3.8, 4) is 0 Å². The van der Waals surface area contributed by atoms with Gasteiger partial charge in [-0.05, 0) is 38.7 Å². The third-order valence-corrected chi connectivity index (χ3v) is 2.98. The molecule has 0 saturated heterocycles. The Hall–Kier alpha value is -0.720. The number of hydrogen-bond donors (Lipinski definition) is 0. The maximum atomic E-state index is 5.77. The van der Waals surface area contributed by atoms with E-state index in [1.165, 1.54) is 0 Å². The predicted molar refractivity (Wildman–Crippen MR) is 76.3 cm³/mol. The fourth-order valence-electron chi connectivity index (χ4n) is 1.63. The molecule has 0 amide bonds. The summed E-state index contributed by atoms with van der Waals surface area (Å²) in [4.78, 5) is 11.6. The first kappa shape index (κ1) is 18.3. The molecule has 0 aliphatic rings. The lowest BCUT2D eigenvalue weighted by molar-refractivity contribution is -1.26. The van der Waals surface area contributed by atoms with Crippen LogP contribution in [0.1, 0.15) is 20.8 Å². The molecule has 0 atom stereocenters. The van der Waals surface area contributed by atoms with E-state index in [1.807, 2.05) is 40.2 Å². The Kier molecular flexibility index (Phi) is 8.88. The molecule has 0 unspecified atom stereocenters. The van der Waals surface area contributed by atoms with Crippen molar-refractivity contribution in [3.63, 3.8) is 0 Å². The monoisotopic (exact) mass is 274 g/mol. The van der Waals surface area contributed by atoms with Gasteiger partial charge in [0.25, 0.3) is 0 Å².